The van der Waals surface area contributed by atoms with Gasteiger partial charge in [-0.05, 0) is 42.1 Å². The van der Waals surface area contributed by atoms with Crippen LogP contribution in [0.25, 0.3) is 32.6 Å². The molecule has 3 aromatic carbocycles. The monoisotopic (exact) mass is 439 g/mol. The van der Waals surface area contributed by atoms with Crippen molar-refractivity contribution in [3.63, 3.8) is 0 Å². The Balaban J connectivity index is 0.000000190. The molecule has 0 atom stereocenters. The summed E-state index contributed by atoms with van der Waals surface area (Å²) in [6.45, 7) is 1.99. The second kappa shape index (κ2) is 7.18. The predicted octanol–water partition coefficient (Wildman–Crippen LogP) is 5.97. The van der Waals surface area contributed by atoms with Gasteiger partial charge < -0.3 is 9.97 Å². The number of pyridine rings is 1. The lowest BCUT2D eigenvalue weighted by Crippen LogP contribution is -2.05. The molecule has 0 radical (unpaired) electrons. The first kappa shape index (κ1) is 17.8. The van der Waals surface area contributed by atoms with Crippen LogP contribution in [0.5, 0.6) is 0 Å². The average Bonchev–Trinajstić information content (AvgIpc) is 3.15. The van der Waals surface area contributed by atoms with Crippen molar-refractivity contribution >= 4 is 60.1 Å². The molecule has 2 N–H and O–H groups in total. The summed E-state index contributed by atoms with van der Waals surface area (Å²) in [4.78, 5) is 22.4. The summed E-state index contributed by atoms with van der Waals surface area (Å²) < 4.78 is 0.948. The molecule has 0 unspecified atom stereocenters. The van der Waals surface area contributed by atoms with Crippen LogP contribution in [0.15, 0.2) is 70.3 Å². The number of aromatic nitrogens is 3. The smallest absolute Gasteiger partial charge is 0.256 e. The summed E-state index contributed by atoms with van der Waals surface area (Å²) in [7, 11) is 0. The van der Waals surface area contributed by atoms with Gasteiger partial charge in [-0.25, -0.2) is 4.98 Å². The number of hydrogen-bond donors (Lipinski definition) is 2. The third-order valence-electron chi connectivity index (χ3n) is 4.45. The van der Waals surface area contributed by atoms with Crippen LogP contribution >= 0.6 is 27.5 Å². The Morgan fingerprint density at radius 1 is 1.00 bits per heavy atom. The molecule has 134 valence electrons. The van der Waals surface area contributed by atoms with Crippen molar-refractivity contribution in [2.75, 3.05) is 0 Å². The van der Waals surface area contributed by atoms with Crippen LogP contribution in [0.3, 0.4) is 0 Å². The molecule has 5 aromatic rings. The summed E-state index contributed by atoms with van der Waals surface area (Å²) in [5.74, 6) is 0. The Morgan fingerprint density at radius 3 is 2.56 bits per heavy atom. The Kier molecular flexibility index (Phi) is 4.72. The molecule has 5 rings (SSSR count). The second-order valence-electron chi connectivity index (χ2n) is 6.16. The zero-order valence-corrected chi connectivity index (χ0v) is 16.7. The number of aromatic amines is 2. The molecular formula is C21H15BrClN3O. The van der Waals surface area contributed by atoms with E-state index in [2.05, 4.69) is 30.9 Å². The fourth-order valence-electron chi connectivity index (χ4n) is 3.14. The fourth-order valence-corrected chi connectivity index (χ4v) is 3.64. The van der Waals surface area contributed by atoms with E-state index >= 15 is 0 Å². The van der Waals surface area contributed by atoms with Crippen LogP contribution in [0, 0.1) is 6.92 Å². The molecule has 2 heterocycles. The lowest BCUT2D eigenvalue weighted by atomic mass is 10.0. The highest BCUT2D eigenvalue weighted by Crippen LogP contribution is 2.32. The zero-order chi connectivity index (χ0) is 19.0. The lowest BCUT2D eigenvalue weighted by molar-refractivity contribution is 1.28. The van der Waals surface area contributed by atoms with Crippen LogP contribution in [-0.4, -0.2) is 15.0 Å². The topological polar surface area (TPSA) is 61.5 Å². The number of nitrogens with zero attached hydrogens (tertiary/aromatic N) is 1. The zero-order valence-electron chi connectivity index (χ0n) is 14.4. The van der Waals surface area contributed by atoms with Gasteiger partial charge in [-0.2, -0.15) is 0 Å². The molecule has 0 amide bonds. The average molecular weight is 441 g/mol. The number of nitrogens with one attached hydrogen (secondary N) is 2. The number of imidazole rings is 1. The van der Waals surface area contributed by atoms with Gasteiger partial charge in [0.25, 0.3) is 5.56 Å². The molecule has 2 aromatic heterocycles. The minimum absolute atomic E-state index is 0.0921. The highest BCUT2D eigenvalue weighted by Gasteiger charge is 2.12. The van der Waals surface area contributed by atoms with Gasteiger partial charge in [0, 0.05) is 26.5 Å². The van der Waals surface area contributed by atoms with E-state index in [1.807, 2.05) is 55.5 Å². The van der Waals surface area contributed by atoms with Crippen molar-refractivity contribution in [1.82, 2.24) is 15.0 Å². The van der Waals surface area contributed by atoms with E-state index in [1.54, 1.807) is 12.5 Å². The first-order chi connectivity index (χ1) is 13.1. The molecule has 0 fully saturated rings. The predicted molar refractivity (Wildman–Crippen MR) is 116 cm³/mol. The SMILES string of the molecule is Cc1ccccc1Cl.O=c1[nH]ccc2c3nc[nH]c3c3ccc(Br)cc3c12. The summed E-state index contributed by atoms with van der Waals surface area (Å²) in [5, 5.41) is 4.30. The van der Waals surface area contributed by atoms with Gasteiger partial charge in [0.1, 0.15) is 0 Å². The van der Waals surface area contributed by atoms with Crippen molar-refractivity contribution in [2.45, 2.75) is 6.92 Å². The number of fused-ring (bicyclic) bond motifs is 6. The number of hydrogen-bond acceptors (Lipinski definition) is 2. The Morgan fingerprint density at radius 2 is 1.81 bits per heavy atom. The van der Waals surface area contributed by atoms with Gasteiger partial charge in [0.05, 0.1) is 22.7 Å². The van der Waals surface area contributed by atoms with Crippen molar-refractivity contribution in [3.8, 4) is 0 Å². The largest absolute Gasteiger partial charge is 0.344 e. The summed E-state index contributed by atoms with van der Waals surface area (Å²) in [6.07, 6.45) is 3.31. The van der Waals surface area contributed by atoms with E-state index in [0.717, 1.165) is 42.3 Å². The normalized spacial score (nSPS) is 10.9. The molecule has 0 aliphatic carbocycles. The Labute approximate surface area is 168 Å². The maximum atomic E-state index is 12.2. The molecule has 4 nitrogen and oxygen atoms in total. The maximum Gasteiger partial charge on any atom is 0.256 e. The number of halogens is 2. The van der Waals surface area contributed by atoms with Crippen LogP contribution in [0.4, 0.5) is 0 Å². The van der Waals surface area contributed by atoms with Crippen molar-refractivity contribution in [2.24, 2.45) is 0 Å². The third kappa shape index (κ3) is 3.24. The number of H-pyrrole nitrogens is 2. The van der Waals surface area contributed by atoms with Crippen LogP contribution in [0.1, 0.15) is 5.56 Å². The molecule has 0 aliphatic rings. The summed E-state index contributed by atoms with van der Waals surface area (Å²) in [5.41, 5.74) is 2.83. The van der Waals surface area contributed by atoms with Crippen LogP contribution < -0.4 is 5.56 Å². The highest BCUT2D eigenvalue weighted by molar-refractivity contribution is 9.10. The van der Waals surface area contributed by atoms with Crippen molar-refractivity contribution < 1.29 is 0 Å². The summed E-state index contributed by atoms with van der Waals surface area (Å²) >= 11 is 9.17. The van der Waals surface area contributed by atoms with E-state index in [9.17, 15) is 4.79 Å². The molecular weight excluding hydrogens is 426 g/mol. The van der Waals surface area contributed by atoms with Crippen LogP contribution in [-0.2, 0) is 0 Å². The minimum Gasteiger partial charge on any atom is -0.344 e. The van der Waals surface area contributed by atoms with Gasteiger partial charge >= 0.3 is 0 Å². The number of rotatable bonds is 0. The third-order valence-corrected chi connectivity index (χ3v) is 5.37. The van der Waals surface area contributed by atoms with Gasteiger partial charge in [-0.3, -0.25) is 4.79 Å². The van der Waals surface area contributed by atoms with E-state index in [-0.39, 0.29) is 5.56 Å². The molecule has 6 heteroatoms. The maximum absolute atomic E-state index is 12.2. The molecule has 27 heavy (non-hydrogen) atoms. The van der Waals surface area contributed by atoms with Crippen molar-refractivity contribution in [1.29, 1.82) is 0 Å². The molecule has 0 aliphatic heterocycles. The molecule has 0 saturated heterocycles. The fraction of sp³-hybridized carbons (Fsp3) is 0.0476. The van der Waals surface area contributed by atoms with Gasteiger partial charge in [0.2, 0.25) is 0 Å². The highest BCUT2D eigenvalue weighted by atomic mass is 79.9. The first-order valence-electron chi connectivity index (χ1n) is 8.33. The van der Waals surface area contributed by atoms with E-state index in [0.29, 0.717) is 5.39 Å². The molecule has 0 spiro atoms. The van der Waals surface area contributed by atoms with Crippen LogP contribution in [0.2, 0.25) is 5.02 Å². The number of benzene rings is 3. The van der Waals surface area contributed by atoms with E-state index < -0.39 is 0 Å². The first-order valence-corrected chi connectivity index (χ1v) is 9.50. The second-order valence-corrected chi connectivity index (χ2v) is 7.48. The van der Waals surface area contributed by atoms with Gasteiger partial charge in [0.15, 0.2) is 0 Å². The van der Waals surface area contributed by atoms with Crippen molar-refractivity contribution in [3.05, 3.63) is 86.5 Å². The summed E-state index contributed by atoms with van der Waals surface area (Å²) in [6, 6.07) is 15.6. The Bertz CT molecular complexity index is 1320. The van der Waals surface area contributed by atoms with Gasteiger partial charge in [-0.15, -0.1) is 0 Å². The number of aryl methyl sites for hydroxylation is 1. The van der Waals surface area contributed by atoms with E-state index in [1.165, 1.54) is 0 Å². The Hall–Kier alpha value is -2.63. The quantitative estimate of drug-likeness (QED) is 0.291. The standard InChI is InChI=1S/C14H8BrN3O.C7H7Cl/c15-7-1-2-8-10(5-7)11-9(3-4-16-14(11)19)13-12(8)17-6-18-13;1-6-4-2-3-5-7(6)8/h1-6H,(H,16,19)(H,17,18);2-5H,1H3. The minimum atomic E-state index is -0.0921. The lowest BCUT2D eigenvalue weighted by Gasteiger charge is -2.05. The van der Waals surface area contributed by atoms with E-state index in [4.69, 9.17) is 11.6 Å². The molecule has 0 saturated carbocycles. The van der Waals surface area contributed by atoms with Gasteiger partial charge in [-0.1, -0.05) is 51.8 Å². The molecule has 0 bridgehead atoms.